The molecule has 6 aromatic rings. The molecule has 422 valence electrons. The van der Waals surface area contributed by atoms with Gasteiger partial charge in [-0.15, -0.1) is 0 Å². The van der Waals surface area contributed by atoms with Crippen molar-refractivity contribution < 1.29 is 13.2 Å². The Morgan fingerprint density at radius 2 is 0.866 bits per heavy atom. The predicted molar refractivity (Wildman–Crippen MR) is 341 cm³/mol. The van der Waals surface area contributed by atoms with E-state index < -0.39 is 11.7 Å². The summed E-state index contributed by atoms with van der Waals surface area (Å²) >= 11 is 16.7. The van der Waals surface area contributed by atoms with Crippen LogP contribution in [0.15, 0.2) is 164 Å². The molecular formula is C62H65F3N14S3. The number of benzene rings is 6. The van der Waals surface area contributed by atoms with Gasteiger partial charge in [0, 0.05) is 162 Å². The number of nitrogens with one attached hydrogen (secondary N) is 6. The van der Waals surface area contributed by atoms with Crippen LogP contribution in [0.5, 0.6) is 0 Å². The van der Waals surface area contributed by atoms with Crippen LogP contribution in [-0.2, 0) is 6.18 Å². The topological polar surface area (TPSA) is 141 Å². The zero-order chi connectivity index (χ0) is 57.0. The van der Waals surface area contributed by atoms with Crippen LogP contribution in [0.3, 0.4) is 0 Å². The van der Waals surface area contributed by atoms with E-state index in [0.29, 0.717) is 42.5 Å². The summed E-state index contributed by atoms with van der Waals surface area (Å²) in [6, 6.07) is 48.2. The first-order valence-corrected chi connectivity index (χ1v) is 28.6. The average molecular weight is 1160 g/mol. The molecule has 0 saturated carbocycles. The number of fused-ring (bicyclic) bond motifs is 3. The first-order valence-electron chi connectivity index (χ1n) is 27.4. The van der Waals surface area contributed by atoms with Gasteiger partial charge < -0.3 is 67.0 Å². The number of halogens is 3. The van der Waals surface area contributed by atoms with E-state index in [4.69, 9.17) is 47.6 Å². The number of para-hydroxylation sites is 5. The fraction of sp³-hybridized carbons (Fsp3) is 0.258. The Morgan fingerprint density at radius 1 is 0.476 bits per heavy atom. The summed E-state index contributed by atoms with van der Waals surface area (Å²) in [6.45, 7) is 12.1. The van der Waals surface area contributed by atoms with Gasteiger partial charge in [0.2, 0.25) is 0 Å². The lowest BCUT2D eigenvalue weighted by atomic mass is 10.1. The van der Waals surface area contributed by atoms with E-state index in [0.717, 1.165) is 122 Å². The molecule has 8 N–H and O–H groups in total. The van der Waals surface area contributed by atoms with E-state index in [1.165, 1.54) is 45.8 Å². The minimum absolute atomic E-state index is 0.592. The maximum absolute atomic E-state index is 12.9. The molecule has 0 unspecified atom stereocenters. The smallest absolute Gasteiger partial charge is 0.397 e. The molecule has 0 aliphatic carbocycles. The van der Waals surface area contributed by atoms with Crippen molar-refractivity contribution in [3.05, 3.63) is 192 Å². The van der Waals surface area contributed by atoms with Crippen molar-refractivity contribution in [3.63, 3.8) is 0 Å². The molecule has 82 heavy (non-hydrogen) atoms. The summed E-state index contributed by atoms with van der Waals surface area (Å²) in [5.74, 6) is 0. The molecule has 3 saturated heterocycles. The van der Waals surface area contributed by atoms with Gasteiger partial charge in [-0.05, 0) is 126 Å². The molecule has 3 fully saturated rings. The van der Waals surface area contributed by atoms with Crippen LogP contribution in [0.25, 0.3) is 16.7 Å². The highest BCUT2D eigenvalue weighted by atomic mass is 32.1. The van der Waals surface area contributed by atoms with Crippen molar-refractivity contribution in [1.29, 1.82) is 5.26 Å². The molecule has 0 radical (unpaired) electrons. The van der Waals surface area contributed by atoms with Gasteiger partial charge in [0.25, 0.3) is 0 Å². The van der Waals surface area contributed by atoms with Crippen LogP contribution >= 0.6 is 36.7 Å². The number of hydrogen-bond acceptors (Lipinski definition) is 11. The third-order valence-corrected chi connectivity index (χ3v) is 16.3. The normalized spacial score (nSPS) is 17.6. The first-order chi connectivity index (χ1) is 39.9. The maximum Gasteiger partial charge on any atom is 0.416 e. The standard InChI is InChI=1S/C21H21F3N4S.C21H21N5S.C20H23N5S/c22-21(23,24)16-4-3-5-17(12-16)27-8-10-28(11-9-27)20(29)26-14-15-13-25-19-7-2-1-6-18(15)19;22-13-16-5-7-18(8-6-16)25-9-11-26(12-10-25)21(27)24-15-17-14-23-20-4-2-1-3-19(17)20;21-17-6-2-4-8-19(17)24-9-11-25(12-10-24)20(26)23-14-15-13-22-18-7-3-1-5-16(15)18/h1-7,12,14,25H,8-11,13H2,(H,26,29);1-8,15,23H,9-12,14H2,(H,24,27);1-8,14,22H,9-13,21H2,(H,23,26)/b15-14-;17-15-;15-14-. The molecule has 0 amide bonds. The zero-order valence-corrected chi connectivity index (χ0v) is 47.7. The molecule has 0 spiro atoms. The number of nitrogens with two attached hydrogens (primary N) is 1. The molecule has 6 aromatic carbocycles. The molecular weight excluding hydrogens is 1090 g/mol. The van der Waals surface area contributed by atoms with Crippen molar-refractivity contribution in [2.75, 3.05) is 135 Å². The number of nitrogens with zero attached hydrogens (tertiary/aromatic N) is 7. The monoisotopic (exact) mass is 1160 g/mol. The minimum atomic E-state index is -4.33. The third kappa shape index (κ3) is 14.0. The van der Waals surface area contributed by atoms with Crippen LogP contribution in [0.1, 0.15) is 27.8 Å². The molecule has 6 aliphatic rings. The number of piperazine rings is 3. The second-order valence-electron chi connectivity index (χ2n) is 20.2. The van der Waals surface area contributed by atoms with Gasteiger partial charge >= 0.3 is 6.18 Å². The SMILES string of the molecule is FC(F)(F)c1cccc(N2CCN(C(=S)N/C=C3/CNc4ccccc43)CC2)c1.N#Cc1ccc(N2CCN(C(=S)N/C=C3/CNc4ccccc43)CC2)cc1.Nc1ccccc1N1CCN(C(=S)N/C=C2/CNc3ccccc32)CC1. The Kier molecular flexibility index (Phi) is 18.3. The van der Waals surface area contributed by atoms with Crippen LogP contribution in [-0.4, -0.2) is 128 Å². The number of nitrogen functional groups attached to an aromatic ring is 1. The van der Waals surface area contributed by atoms with Crippen LogP contribution < -0.4 is 52.3 Å². The Morgan fingerprint density at radius 3 is 1.28 bits per heavy atom. The van der Waals surface area contributed by atoms with Gasteiger partial charge in [-0.3, -0.25) is 0 Å². The van der Waals surface area contributed by atoms with E-state index in [9.17, 15) is 13.2 Å². The fourth-order valence-corrected chi connectivity index (χ4v) is 11.3. The third-order valence-electron chi connectivity index (χ3n) is 15.2. The van der Waals surface area contributed by atoms with E-state index in [1.54, 1.807) is 6.07 Å². The number of anilines is 7. The number of rotatable bonds is 6. The molecule has 20 heteroatoms. The first kappa shape index (κ1) is 56.8. The van der Waals surface area contributed by atoms with Gasteiger partial charge in [0.15, 0.2) is 15.3 Å². The molecule has 6 aliphatic heterocycles. The van der Waals surface area contributed by atoms with Gasteiger partial charge in [0.1, 0.15) is 0 Å². The Balaban J connectivity index is 0.000000138. The van der Waals surface area contributed by atoms with E-state index in [-0.39, 0.29) is 0 Å². The highest BCUT2D eigenvalue weighted by molar-refractivity contribution is 7.80. The molecule has 12 rings (SSSR count). The second-order valence-corrected chi connectivity index (χ2v) is 21.4. The fourth-order valence-electron chi connectivity index (χ4n) is 10.6. The Hall–Kier alpha value is -8.51. The Labute approximate surface area is 493 Å². The molecule has 0 bridgehead atoms. The highest BCUT2D eigenvalue weighted by Gasteiger charge is 2.31. The minimum Gasteiger partial charge on any atom is -0.397 e. The van der Waals surface area contributed by atoms with Crippen molar-refractivity contribution in [1.82, 2.24) is 30.7 Å². The van der Waals surface area contributed by atoms with Crippen LogP contribution in [0, 0.1) is 11.3 Å². The van der Waals surface area contributed by atoms with Crippen molar-refractivity contribution >= 4 is 109 Å². The van der Waals surface area contributed by atoms with Crippen molar-refractivity contribution in [2.24, 2.45) is 0 Å². The summed E-state index contributed by atoms with van der Waals surface area (Å²) in [7, 11) is 0. The van der Waals surface area contributed by atoms with Crippen LogP contribution in [0.2, 0.25) is 0 Å². The molecule has 6 heterocycles. The van der Waals surface area contributed by atoms with Gasteiger partial charge in [0.05, 0.1) is 28.6 Å². The lowest BCUT2D eigenvalue weighted by Crippen LogP contribution is -2.51. The number of nitriles is 1. The molecule has 0 aromatic heterocycles. The van der Waals surface area contributed by atoms with E-state index >= 15 is 0 Å². The number of hydrogen-bond donors (Lipinski definition) is 7. The summed E-state index contributed by atoms with van der Waals surface area (Å²) in [6.07, 6.45) is 1.65. The van der Waals surface area contributed by atoms with E-state index in [2.05, 4.69) is 106 Å². The van der Waals surface area contributed by atoms with E-state index in [1.807, 2.05) is 101 Å². The van der Waals surface area contributed by atoms with Gasteiger partial charge in [-0.2, -0.15) is 18.4 Å². The molecule has 0 atom stereocenters. The summed E-state index contributed by atoms with van der Waals surface area (Å²) in [4.78, 5) is 13.1. The Bertz CT molecular complexity index is 3390. The second kappa shape index (κ2) is 26.4. The highest BCUT2D eigenvalue weighted by Crippen LogP contribution is 2.34. The zero-order valence-electron chi connectivity index (χ0n) is 45.3. The van der Waals surface area contributed by atoms with Crippen LogP contribution in [0.4, 0.5) is 53.0 Å². The van der Waals surface area contributed by atoms with Crippen molar-refractivity contribution in [2.45, 2.75) is 6.18 Å². The largest absolute Gasteiger partial charge is 0.416 e. The number of thiocarbonyl (C=S) groups is 3. The van der Waals surface area contributed by atoms with Gasteiger partial charge in [-0.25, -0.2) is 0 Å². The van der Waals surface area contributed by atoms with Gasteiger partial charge in [-0.1, -0.05) is 72.8 Å². The van der Waals surface area contributed by atoms with Crippen molar-refractivity contribution in [3.8, 4) is 6.07 Å². The lowest BCUT2D eigenvalue weighted by Gasteiger charge is -2.37. The average Bonchev–Trinajstić information content (AvgIpc) is 4.29. The number of alkyl halides is 3. The lowest BCUT2D eigenvalue weighted by molar-refractivity contribution is -0.137. The molecule has 14 nitrogen and oxygen atoms in total. The maximum atomic E-state index is 12.9. The predicted octanol–water partition coefficient (Wildman–Crippen LogP) is 9.92. The summed E-state index contributed by atoms with van der Waals surface area (Å²) in [5.41, 5.74) is 20.6. The summed E-state index contributed by atoms with van der Waals surface area (Å²) in [5, 5.41) is 31.1. The quantitative estimate of drug-likeness (QED) is 0.0628. The summed E-state index contributed by atoms with van der Waals surface area (Å²) < 4.78 is 38.8.